The van der Waals surface area contributed by atoms with Crippen LogP contribution in [0.4, 0.5) is 0 Å². The summed E-state index contributed by atoms with van der Waals surface area (Å²) in [7, 11) is 1.71. The number of hydrogen-bond acceptors (Lipinski definition) is 4. The van der Waals surface area contributed by atoms with Crippen LogP contribution in [0, 0.1) is 0 Å². The Balaban J connectivity index is 1.49. The number of nitrogens with one attached hydrogen (secondary N) is 1. The average molecular weight is 370 g/mol. The molecule has 1 aromatic carbocycles. The van der Waals surface area contributed by atoms with Gasteiger partial charge in [-0.2, -0.15) is 0 Å². The minimum atomic E-state index is 0.636. The van der Waals surface area contributed by atoms with E-state index in [4.69, 9.17) is 14.1 Å². The van der Waals surface area contributed by atoms with Gasteiger partial charge in [0, 0.05) is 52.8 Å². The topological polar surface area (TPSA) is 53.2 Å². The lowest BCUT2D eigenvalue weighted by Crippen LogP contribution is -2.52. The minimum absolute atomic E-state index is 0.636. The van der Waals surface area contributed by atoms with E-state index in [9.17, 15) is 0 Å². The molecular weight excluding hydrogens is 340 g/mol. The number of hydrogen-bond donors (Lipinski definition) is 1. The molecule has 1 N–H and O–H groups in total. The van der Waals surface area contributed by atoms with Crippen LogP contribution in [-0.2, 0) is 17.7 Å². The standard InChI is InChI=1S/C21H30N4O2/c1-26-17-11-23-21(22-10-9-20-8-5-16-27-20)25-14-12-24(13-15-25)18-19-6-3-2-4-7-19/h2-8,16H,9-15,17-18H2,1H3,(H,22,23). The first-order chi connectivity index (χ1) is 13.3. The van der Waals surface area contributed by atoms with E-state index in [0.717, 1.165) is 57.4 Å². The van der Waals surface area contributed by atoms with Crippen molar-refractivity contribution in [3.63, 3.8) is 0 Å². The summed E-state index contributed by atoms with van der Waals surface area (Å²) in [6.45, 7) is 7.16. The van der Waals surface area contributed by atoms with E-state index in [1.54, 1.807) is 13.4 Å². The molecule has 6 nitrogen and oxygen atoms in total. The average Bonchev–Trinajstić information content (AvgIpc) is 3.22. The van der Waals surface area contributed by atoms with Crippen LogP contribution in [0.1, 0.15) is 11.3 Å². The van der Waals surface area contributed by atoms with Crippen molar-refractivity contribution in [2.75, 3.05) is 53.0 Å². The maximum absolute atomic E-state index is 5.41. The molecule has 1 aliphatic rings. The monoisotopic (exact) mass is 370 g/mol. The Bertz CT molecular complexity index is 665. The third-order valence-electron chi connectivity index (χ3n) is 4.71. The highest BCUT2D eigenvalue weighted by atomic mass is 16.5. The number of furan rings is 1. The molecule has 0 aliphatic carbocycles. The molecule has 1 aliphatic heterocycles. The van der Waals surface area contributed by atoms with Crippen LogP contribution in [0.5, 0.6) is 0 Å². The van der Waals surface area contributed by atoms with Gasteiger partial charge in [0.1, 0.15) is 5.76 Å². The smallest absolute Gasteiger partial charge is 0.194 e. The summed E-state index contributed by atoms with van der Waals surface area (Å²) in [6, 6.07) is 14.6. The third kappa shape index (κ3) is 6.41. The van der Waals surface area contributed by atoms with Crippen molar-refractivity contribution in [3.05, 3.63) is 60.1 Å². The first-order valence-electron chi connectivity index (χ1n) is 9.66. The van der Waals surface area contributed by atoms with Crippen molar-refractivity contribution in [2.45, 2.75) is 13.0 Å². The molecule has 0 radical (unpaired) electrons. The lowest BCUT2D eigenvalue weighted by molar-refractivity contribution is 0.171. The van der Waals surface area contributed by atoms with Gasteiger partial charge in [0.25, 0.3) is 0 Å². The molecule has 146 valence electrons. The highest BCUT2D eigenvalue weighted by Gasteiger charge is 2.19. The van der Waals surface area contributed by atoms with Crippen LogP contribution in [0.3, 0.4) is 0 Å². The van der Waals surface area contributed by atoms with Gasteiger partial charge in [-0.15, -0.1) is 0 Å². The molecule has 0 unspecified atom stereocenters. The molecule has 0 amide bonds. The molecule has 0 saturated carbocycles. The van der Waals surface area contributed by atoms with Crippen LogP contribution < -0.4 is 5.32 Å². The number of piperazine rings is 1. The molecule has 0 bridgehead atoms. The fourth-order valence-corrected chi connectivity index (χ4v) is 3.22. The predicted octanol–water partition coefficient (Wildman–Crippen LogP) is 2.23. The minimum Gasteiger partial charge on any atom is -0.469 e. The molecular formula is C21H30N4O2. The summed E-state index contributed by atoms with van der Waals surface area (Å²) in [5.41, 5.74) is 1.37. The van der Waals surface area contributed by atoms with Crippen molar-refractivity contribution < 1.29 is 9.15 Å². The van der Waals surface area contributed by atoms with Crippen molar-refractivity contribution in [2.24, 2.45) is 4.99 Å². The number of rotatable bonds is 8. The van der Waals surface area contributed by atoms with Crippen LogP contribution in [0.25, 0.3) is 0 Å². The zero-order valence-electron chi connectivity index (χ0n) is 16.1. The zero-order chi connectivity index (χ0) is 18.7. The SMILES string of the molecule is COCCN=C(NCCc1ccco1)N1CCN(Cc2ccccc2)CC1. The van der Waals surface area contributed by atoms with Gasteiger partial charge < -0.3 is 19.4 Å². The van der Waals surface area contributed by atoms with Crippen molar-refractivity contribution in [1.29, 1.82) is 0 Å². The van der Waals surface area contributed by atoms with Gasteiger partial charge >= 0.3 is 0 Å². The van der Waals surface area contributed by atoms with Crippen LogP contribution >= 0.6 is 0 Å². The zero-order valence-corrected chi connectivity index (χ0v) is 16.1. The van der Waals surface area contributed by atoms with Crippen molar-refractivity contribution in [1.82, 2.24) is 15.1 Å². The summed E-state index contributed by atoms with van der Waals surface area (Å²) in [4.78, 5) is 9.57. The quantitative estimate of drug-likeness (QED) is 0.439. The largest absolute Gasteiger partial charge is 0.469 e. The molecule has 1 fully saturated rings. The summed E-state index contributed by atoms with van der Waals surface area (Å²) in [5.74, 6) is 1.96. The molecule has 0 spiro atoms. The second kappa shape index (κ2) is 10.7. The molecule has 3 rings (SSSR count). The van der Waals surface area contributed by atoms with E-state index in [0.29, 0.717) is 13.2 Å². The van der Waals surface area contributed by atoms with Gasteiger partial charge in [-0.1, -0.05) is 30.3 Å². The van der Waals surface area contributed by atoms with Crippen molar-refractivity contribution in [3.8, 4) is 0 Å². The van der Waals surface area contributed by atoms with Gasteiger partial charge in [0.15, 0.2) is 5.96 Å². The molecule has 27 heavy (non-hydrogen) atoms. The van der Waals surface area contributed by atoms with Crippen molar-refractivity contribution >= 4 is 5.96 Å². The van der Waals surface area contributed by atoms with Crippen LogP contribution in [0.2, 0.25) is 0 Å². The molecule has 1 saturated heterocycles. The second-order valence-electron chi connectivity index (χ2n) is 6.70. The lowest BCUT2D eigenvalue weighted by Gasteiger charge is -2.36. The maximum atomic E-state index is 5.41. The Morgan fingerprint density at radius 3 is 2.63 bits per heavy atom. The summed E-state index contributed by atoms with van der Waals surface area (Å²) in [5, 5.41) is 3.49. The second-order valence-corrected chi connectivity index (χ2v) is 6.70. The summed E-state index contributed by atoms with van der Waals surface area (Å²) < 4.78 is 10.6. The van der Waals surface area contributed by atoms with E-state index >= 15 is 0 Å². The van der Waals surface area contributed by atoms with E-state index in [2.05, 4.69) is 45.4 Å². The summed E-state index contributed by atoms with van der Waals surface area (Å²) in [6.07, 6.45) is 2.57. The fraction of sp³-hybridized carbons (Fsp3) is 0.476. The van der Waals surface area contributed by atoms with Gasteiger partial charge in [0.2, 0.25) is 0 Å². The Hall–Kier alpha value is -2.31. The number of methoxy groups -OCH3 is 1. The van der Waals surface area contributed by atoms with Gasteiger partial charge in [-0.3, -0.25) is 9.89 Å². The predicted molar refractivity (Wildman–Crippen MR) is 108 cm³/mol. The Labute approximate surface area is 161 Å². The lowest BCUT2D eigenvalue weighted by atomic mass is 10.2. The molecule has 1 aromatic heterocycles. The summed E-state index contributed by atoms with van der Waals surface area (Å²) >= 11 is 0. The fourth-order valence-electron chi connectivity index (χ4n) is 3.22. The Kier molecular flexibility index (Phi) is 7.74. The number of benzene rings is 1. The Morgan fingerprint density at radius 2 is 1.93 bits per heavy atom. The van der Waals surface area contributed by atoms with E-state index < -0.39 is 0 Å². The highest BCUT2D eigenvalue weighted by molar-refractivity contribution is 5.80. The normalized spacial score (nSPS) is 15.9. The maximum Gasteiger partial charge on any atom is 0.194 e. The van der Waals surface area contributed by atoms with Crippen LogP contribution in [0.15, 0.2) is 58.1 Å². The Morgan fingerprint density at radius 1 is 1.11 bits per heavy atom. The highest BCUT2D eigenvalue weighted by Crippen LogP contribution is 2.09. The first kappa shape index (κ1) is 19.5. The van der Waals surface area contributed by atoms with Gasteiger partial charge in [-0.05, 0) is 17.7 Å². The number of nitrogens with zero attached hydrogens (tertiary/aromatic N) is 3. The molecule has 2 heterocycles. The molecule has 2 aromatic rings. The third-order valence-corrected chi connectivity index (χ3v) is 4.71. The first-order valence-corrected chi connectivity index (χ1v) is 9.66. The van der Waals surface area contributed by atoms with E-state index in [1.165, 1.54) is 5.56 Å². The molecule has 0 atom stereocenters. The number of aliphatic imine (C=N–C) groups is 1. The number of guanidine groups is 1. The van der Waals surface area contributed by atoms with Gasteiger partial charge in [-0.25, -0.2) is 0 Å². The van der Waals surface area contributed by atoms with Gasteiger partial charge in [0.05, 0.1) is 19.4 Å². The number of ether oxygens (including phenoxy) is 1. The van der Waals surface area contributed by atoms with E-state index in [1.807, 2.05) is 12.1 Å². The van der Waals surface area contributed by atoms with E-state index in [-0.39, 0.29) is 0 Å². The molecule has 6 heteroatoms. The van der Waals surface area contributed by atoms with Crippen LogP contribution in [-0.4, -0.2) is 68.7 Å².